The van der Waals surface area contributed by atoms with E-state index in [9.17, 15) is 0 Å². The van der Waals surface area contributed by atoms with E-state index >= 15 is 0 Å². The molecular formula is C16H23N3. The summed E-state index contributed by atoms with van der Waals surface area (Å²) in [5.41, 5.74) is 7.54. The van der Waals surface area contributed by atoms with Crippen LogP contribution in [0.15, 0.2) is 18.3 Å². The van der Waals surface area contributed by atoms with Crippen LogP contribution < -0.4 is 5.32 Å². The molecule has 0 saturated heterocycles. The number of nitrogens with one attached hydrogen (secondary N) is 1. The maximum absolute atomic E-state index is 4.37. The Kier molecular flexibility index (Phi) is 3.65. The zero-order chi connectivity index (χ0) is 14.2. The highest BCUT2D eigenvalue weighted by atomic mass is 15.3. The van der Waals surface area contributed by atoms with Gasteiger partial charge in [0, 0.05) is 19.3 Å². The van der Waals surface area contributed by atoms with Gasteiger partial charge in [-0.3, -0.25) is 4.68 Å². The Hall–Kier alpha value is -1.77. The Morgan fingerprint density at radius 2 is 1.68 bits per heavy atom. The van der Waals surface area contributed by atoms with Crippen molar-refractivity contribution >= 4 is 5.69 Å². The molecule has 1 aromatic heterocycles. The third-order valence-corrected chi connectivity index (χ3v) is 3.56. The zero-order valence-electron chi connectivity index (χ0n) is 12.7. The molecule has 2 rings (SSSR count). The van der Waals surface area contributed by atoms with Crippen molar-refractivity contribution < 1.29 is 0 Å². The van der Waals surface area contributed by atoms with E-state index < -0.39 is 0 Å². The number of hydrogen-bond donors (Lipinski definition) is 1. The summed E-state index contributed by atoms with van der Waals surface area (Å²) in [4.78, 5) is 0. The average Bonchev–Trinajstić information content (AvgIpc) is 2.55. The first-order valence-corrected chi connectivity index (χ1v) is 6.73. The van der Waals surface area contributed by atoms with Gasteiger partial charge in [0.2, 0.25) is 0 Å². The minimum Gasteiger partial charge on any atom is -0.376 e. The minimum atomic E-state index is 0.281. The Labute approximate surface area is 115 Å². The van der Waals surface area contributed by atoms with E-state index in [1.807, 2.05) is 24.9 Å². The molecule has 0 spiro atoms. The fraction of sp³-hybridized carbons (Fsp3) is 0.438. The number of nitrogens with zero attached hydrogens (tertiary/aromatic N) is 2. The highest BCUT2D eigenvalue weighted by Crippen LogP contribution is 2.27. The van der Waals surface area contributed by atoms with E-state index in [1.54, 1.807) is 0 Å². The SMILES string of the molecule is Cc1cc(C)c(C(C)Nc2cn(C)nc2C)c(C)c1. The summed E-state index contributed by atoms with van der Waals surface area (Å²) in [6.07, 6.45) is 2.03. The van der Waals surface area contributed by atoms with E-state index in [1.165, 1.54) is 22.3 Å². The maximum atomic E-state index is 4.37. The molecule has 0 aliphatic carbocycles. The first-order chi connectivity index (χ1) is 8.88. The van der Waals surface area contributed by atoms with Gasteiger partial charge in [-0.1, -0.05) is 17.7 Å². The number of aromatic nitrogens is 2. The monoisotopic (exact) mass is 257 g/mol. The number of aryl methyl sites for hydroxylation is 5. The second-order valence-corrected chi connectivity index (χ2v) is 5.48. The topological polar surface area (TPSA) is 29.9 Å². The van der Waals surface area contributed by atoms with Crippen molar-refractivity contribution in [2.24, 2.45) is 7.05 Å². The van der Waals surface area contributed by atoms with Gasteiger partial charge < -0.3 is 5.32 Å². The molecule has 2 aromatic rings. The molecule has 1 N–H and O–H groups in total. The van der Waals surface area contributed by atoms with Crippen molar-refractivity contribution in [3.05, 3.63) is 46.3 Å². The molecule has 0 fully saturated rings. The smallest absolute Gasteiger partial charge is 0.0825 e. The van der Waals surface area contributed by atoms with Gasteiger partial charge in [0.25, 0.3) is 0 Å². The molecule has 0 bridgehead atoms. The molecule has 0 radical (unpaired) electrons. The molecule has 1 unspecified atom stereocenters. The van der Waals surface area contributed by atoms with E-state index in [-0.39, 0.29) is 6.04 Å². The molecule has 0 saturated carbocycles. The lowest BCUT2D eigenvalue weighted by Gasteiger charge is -2.20. The average molecular weight is 257 g/mol. The van der Waals surface area contributed by atoms with Crippen LogP contribution in [0.3, 0.4) is 0 Å². The predicted molar refractivity (Wildman–Crippen MR) is 80.6 cm³/mol. The van der Waals surface area contributed by atoms with Crippen LogP contribution in [0.2, 0.25) is 0 Å². The van der Waals surface area contributed by atoms with Crippen LogP contribution in [0.4, 0.5) is 5.69 Å². The number of rotatable bonds is 3. The van der Waals surface area contributed by atoms with E-state index in [0.717, 1.165) is 11.4 Å². The summed E-state index contributed by atoms with van der Waals surface area (Å²) in [7, 11) is 1.95. The van der Waals surface area contributed by atoms with Crippen LogP contribution in [0.25, 0.3) is 0 Å². The van der Waals surface area contributed by atoms with Crippen LogP contribution >= 0.6 is 0 Å². The lowest BCUT2D eigenvalue weighted by molar-refractivity contribution is 0.756. The Balaban J connectivity index is 2.30. The molecule has 1 atom stereocenters. The molecule has 102 valence electrons. The van der Waals surface area contributed by atoms with Crippen molar-refractivity contribution in [3.63, 3.8) is 0 Å². The van der Waals surface area contributed by atoms with Crippen molar-refractivity contribution in [2.75, 3.05) is 5.32 Å². The van der Waals surface area contributed by atoms with Crippen molar-refractivity contribution in [2.45, 2.75) is 40.7 Å². The molecular weight excluding hydrogens is 234 g/mol. The van der Waals surface area contributed by atoms with Crippen LogP contribution in [0.1, 0.15) is 40.9 Å². The Bertz CT molecular complexity index is 573. The normalized spacial score (nSPS) is 12.5. The lowest BCUT2D eigenvalue weighted by Crippen LogP contribution is -2.10. The second kappa shape index (κ2) is 5.08. The summed E-state index contributed by atoms with van der Waals surface area (Å²) < 4.78 is 1.85. The van der Waals surface area contributed by atoms with Crippen LogP contribution in [0.5, 0.6) is 0 Å². The van der Waals surface area contributed by atoms with E-state index in [4.69, 9.17) is 0 Å². The first kappa shape index (κ1) is 13.7. The largest absolute Gasteiger partial charge is 0.376 e. The van der Waals surface area contributed by atoms with Crippen LogP contribution in [-0.4, -0.2) is 9.78 Å². The highest BCUT2D eigenvalue weighted by Gasteiger charge is 2.13. The summed E-state index contributed by atoms with van der Waals surface area (Å²) in [5.74, 6) is 0. The number of hydrogen-bond acceptors (Lipinski definition) is 2. The third-order valence-electron chi connectivity index (χ3n) is 3.56. The van der Waals surface area contributed by atoms with Gasteiger partial charge in [0.15, 0.2) is 0 Å². The summed E-state index contributed by atoms with van der Waals surface area (Å²) in [6, 6.07) is 4.77. The quantitative estimate of drug-likeness (QED) is 0.905. The zero-order valence-corrected chi connectivity index (χ0v) is 12.7. The third kappa shape index (κ3) is 2.80. The highest BCUT2D eigenvalue weighted by molar-refractivity contribution is 5.50. The summed E-state index contributed by atoms with van der Waals surface area (Å²) in [5, 5.41) is 7.94. The van der Waals surface area contributed by atoms with Crippen molar-refractivity contribution in [1.29, 1.82) is 0 Å². The molecule has 3 heteroatoms. The van der Waals surface area contributed by atoms with Crippen molar-refractivity contribution in [1.82, 2.24) is 9.78 Å². The lowest BCUT2D eigenvalue weighted by atomic mass is 9.95. The molecule has 0 amide bonds. The second-order valence-electron chi connectivity index (χ2n) is 5.48. The molecule has 3 nitrogen and oxygen atoms in total. The maximum Gasteiger partial charge on any atom is 0.0825 e. The van der Waals surface area contributed by atoms with Gasteiger partial charge in [-0.25, -0.2) is 0 Å². The standard InChI is InChI=1S/C16H23N3/c1-10-7-11(2)16(12(3)8-10)14(5)17-15-9-19(6)18-13(15)4/h7-9,14,17H,1-6H3. The molecule has 1 aromatic carbocycles. The summed E-state index contributed by atoms with van der Waals surface area (Å²) >= 11 is 0. The van der Waals surface area contributed by atoms with Gasteiger partial charge in [0.05, 0.1) is 11.4 Å². The number of benzene rings is 1. The van der Waals surface area contributed by atoms with Crippen molar-refractivity contribution in [3.8, 4) is 0 Å². The Morgan fingerprint density at radius 1 is 1.11 bits per heavy atom. The molecule has 0 aliphatic heterocycles. The van der Waals surface area contributed by atoms with E-state index in [0.29, 0.717) is 0 Å². The fourth-order valence-electron chi connectivity index (χ4n) is 2.92. The van der Waals surface area contributed by atoms with Gasteiger partial charge >= 0.3 is 0 Å². The fourth-order valence-corrected chi connectivity index (χ4v) is 2.92. The van der Waals surface area contributed by atoms with Gasteiger partial charge in [-0.15, -0.1) is 0 Å². The predicted octanol–water partition coefficient (Wildman–Crippen LogP) is 3.83. The van der Waals surface area contributed by atoms with Gasteiger partial charge in [-0.2, -0.15) is 5.10 Å². The summed E-state index contributed by atoms with van der Waals surface area (Å²) in [6.45, 7) is 10.8. The van der Waals surface area contributed by atoms with Crippen LogP contribution in [-0.2, 0) is 7.05 Å². The molecule has 1 heterocycles. The Morgan fingerprint density at radius 3 is 2.16 bits per heavy atom. The van der Waals surface area contributed by atoms with Crippen LogP contribution in [0, 0.1) is 27.7 Å². The van der Waals surface area contributed by atoms with Gasteiger partial charge in [0.1, 0.15) is 0 Å². The molecule has 0 aliphatic rings. The van der Waals surface area contributed by atoms with E-state index in [2.05, 4.69) is 50.2 Å². The number of anilines is 1. The first-order valence-electron chi connectivity index (χ1n) is 6.73. The minimum absolute atomic E-state index is 0.281. The molecule has 19 heavy (non-hydrogen) atoms. The van der Waals surface area contributed by atoms with Gasteiger partial charge in [-0.05, 0) is 51.3 Å².